The summed E-state index contributed by atoms with van der Waals surface area (Å²) in [5.74, 6) is 0. The lowest BCUT2D eigenvalue weighted by molar-refractivity contribution is -0.131. The molecule has 0 aromatic rings. The molecule has 0 bridgehead atoms. The minimum atomic E-state index is -5.16. The largest absolute Gasteiger partial charge is 0.388 e. The summed E-state index contributed by atoms with van der Waals surface area (Å²) < 4.78 is 34.6. The Bertz CT molecular complexity index is 350. The van der Waals surface area contributed by atoms with Gasteiger partial charge in [-0.25, -0.2) is 0 Å². The normalized spacial score (nSPS) is 36.1. The topological polar surface area (TPSA) is 141 Å². The van der Waals surface area contributed by atoms with Crippen LogP contribution in [0.1, 0.15) is 0 Å². The maximum atomic E-state index is 10.7. The molecule has 0 saturated carbocycles. The predicted molar refractivity (Wildman–Crippen MR) is 44.3 cm³/mol. The van der Waals surface area contributed by atoms with Gasteiger partial charge in [0.15, 0.2) is 6.29 Å². The van der Waals surface area contributed by atoms with Crippen molar-refractivity contribution in [2.24, 2.45) is 0 Å². The third kappa shape index (κ3) is 1.89. The Morgan fingerprint density at radius 1 is 1.40 bits per heavy atom. The summed E-state index contributed by atoms with van der Waals surface area (Å²) in [6, 6.07) is 0. The van der Waals surface area contributed by atoms with Gasteiger partial charge in [-0.3, -0.25) is 9.35 Å². The molecule has 88 valence electrons. The maximum absolute atomic E-state index is 10.7. The molecule has 0 aromatic heterocycles. The highest BCUT2D eigenvalue weighted by molar-refractivity contribution is 7.87. The minimum Gasteiger partial charge on any atom is -0.388 e. The molecular weight excluding hydrogens is 232 g/mol. The van der Waals surface area contributed by atoms with Crippen molar-refractivity contribution in [3.05, 3.63) is 0 Å². The van der Waals surface area contributed by atoms with E-state index in [0.717, 1.165) is 0 Å². The lowest BCUT2D eigenvalue weighted by Crippen LogP contribution is -2.55. The lowest BCUT2D eigenvalue weighted by Gasteiger charge is -2.26. The van der Waals surface area contributed by atoms with E-state index in [1.807, 2.05) is 0 Å². The zero-order chi connectivity index (χ0) is 11.9. The number of carbonyl (C=O) groups excluding carboxylic acids is 1. The number of rotatable bonds is 3. The lowest BCUT2D eigenvalue weighted by atomic mass is 10.1. The van der Waals surface area contributed by atoms with Gasteiger partial charge >= 0.3 is 10.1 Å². The molecule has 4 atom stereocenters. The van der Waals surface area contributed by atoms with Gasteiger partial charge in [0.1, 0.15) is 18.3 Å². The summed E-state index contributed by atoms with van der Waals surface area (Å²) in [5, 5.41) is 27.6. The Hall–Kier alpha value is -0.580. The van der Waals surface area contributed by atoms with Gasteiger partial charge in [0.05, 0.1) is 6.61 Å². The number of carbonyl (C=O) groups is 1. The second kappa shape index (κ2) is 3.77. The van der Waals surface area contributed by atoms with Crippen LogP contribution in [-0.2, 0) is 19.6 Å². The molecule has 0 amide bonds. The second-order valence-corrected chi connectivity index (χ2v) is 4.76. The highest BCUT2D eigenvalue weighted by atomic mass is 32.2. The SMILES string of the molecule is O=CC(O)([C@H]1OC[C@@H](O)[C@@H]1O)S(=O)(=O)O. The van der Waals surface area contributed by atoms with E-state index in [0.29, 0.717) is 0 Å². The molecule has 0 spiro atoms. The van der Waals surface area contributed by atoms with Crippen molar-refractivity contribution in [3.8, 4) is 0 Å². The quantitative estimate of drug-likeness (QED) is 0.301. The molecule has 1 fully saturated rings. The van der Waals surface area contributed by atoms with Crippen LogP contribution in [0.25, 0.3) is 0 Å². The molecule has 0 radical (unpaired) electrons. The molecule has 9 heteroatoms. The van der Waals surface area contributed by atoms with Gasteiger partial charge in [-0.15, -0.1) is 0 Å². The second-order valence-electron chi connectivity index (χ2n) is 3.16. The van der Waals surface area contributed by atoms with Crippen molar-refractivity contribution < 1.29 is 37.8 Å². The zero-order valence-electron chi connectivity index (χ0n) is 7.35. The van der Waals surface area contributed by atoms with Crippen LogP contribution < -0.4 is 0 Å². The van der Waals surface area contributed by atoms with Crippen molar-refractivity contribution in [1.82, 2.24) is 0 Å². The molecule has 1 aliphatic rings. The number of aldehydes is 1. The number of ether oxygens (including phenoxy) is 1. The highest BCUT2D eigenvalue weighted by Crippen LogP contribution is 2.27. The first kappa shape index (κ1) is 12.5. The summed E-state index contributed by atoms with van der Waals surface area (Å²) in [6.45, 7) is -0.447. The van der Waals surface area contributed by atoms with Gasteiger partial charge in [0.2, 0.25) is 0 Å². The van der Waals surface area contributed by atoms with Crippen molar-refractivity contribution in [1.29, 1.82) is 0 Å². The fourth-order valence-electron chi connectivity index (χ4n) is 1.24. The van der Waals surface area contributed by atoms with E-state index in [4.69, 9.17) is 9.66 Å². The number of aliphatic hydroxyl groups is 3. The first-order valence-electron chi connectivity index (χ1n) is 3.87. The third-order valence-electron chi connectivity index (χ3n) is 2.14. The first-order valence-corrected chi connectivity index (χ1v) is 5.31. The van der Waals surface area contributed by atoms with Crippen LogP contribution >= 0.6 is 0 Å². The van der Waals surface area contributed by atoms with Crippen LogP contribution in [0, 0.1) is 0 Å². The third-order valence-corrected chi connectivity index (χ3v) is 3.30. The molecule has 15 heavy (non-hydrogen) atoms. The molecule has 1 unspecified atom stereocenters. The van der Waals surface area contributed by atoms with Crippen LogP contribution in [0.3, 0.4) is 0 Å². The van der Waals surface area contributed by atoms with E-state index in [9.17, 15) is 23.4 Å². The van der Waals surface area contributed by atoms with Crippen LogP contribution in [0.15, 0.2) is 0 Å². The van der Waals surface area contributed by atoms with Crippen LogP contribution in [0.5, 0.6) is 0 Å². The van der Waals surface area contributed by atoms with Crippen molar-refractivity contribution >= 4 is 16.4 Å². The number of aliphatic hydroxyl groups excluding tert-OH is 2. The van der Waals surface area contributed by atoms with E-state index in [-0.39, 0.29) is 0 Å². The van der Waals surface area contributed by atoms with Gasteiger partial charge in [-0.1, -0.05) is 0 Å². The first-order chi connectivity index (χ1) is 6.74. The van der Waals surface area contributed by atoms with Crippen molar-refractivity contribution in [3.63, 3.8) is 0 Å². The molecular formula is C6H10O8S. The minimum absolute atomic E-state index is 0.447. The average molecular weight is 242 g/mol. The van der Waals surface area contributed by atoms with Crippen LogP contribution in [-0.4, -0.2) is 64.4 Å². The molecule has 4 N–H and O–H groups in total. The Labute approximate surface area is 84.8 Å². The number of hydrogen-bond acceptors (Lipinski definition) is 7. The van der Waals surface area contributed by atoms with Crippen LogP contribution in [0.4, 0.5) is 0 Å². The molecule has 1 saturated heterocycles. The van der Waals surface area contributed by atoms with Gasteiger partial charge in [0, 0.05) is 0 Å². The smallest absolute Gasteiger partial charge is 0.305 e. The van der Waals surface area contributed by atoms with E-state index in [1.165, 1.54) is 0 Å². The predicted octanol–water partition coefficient (Wildman–Crippen LogP) is -3.12. The zero-order valence-corrected chi connectivity index (χ0v) is 8.16. The average Bonchev–Trinajstić information content (AvgIpc) is 2.45. The Balaban J connectivity index is 3.09. The van der Waals surface area contributed by atoms with E-state index >= 15 is 0 Å². The van der Waals surface area contributed by atoms with Gasteiger partial charge in [-0.05, 0) is 0 Å². The van der Waals surface area contributed by atoms with Gasteiger partial charge in [-0.2, -0.15) is 8.42 Å². The van der Waals surface area contributed by atoms with Crippen LogP contribution in [0.2, 0.25) is 0 Å². The van der Waals surface area contributed by atoms with E-state index in [2.05, 4.69) is 4.74 Å². The molecule has 1 aliphatic heterocycles. The summed E-state index contributed by atoms with van der Waals surface area (Å²) >= 11 is 0. The molecule has 0 aromatic carbocycles. The molecule has 1 heterocycles. The van der Waals surface area contributed by atoms with Crippen molar-refractivity contribution in [2.45, 2.75) is 23.2 Å². The Morgan fingerprint density at radius 2 is 1.93 bits per heavy atom. The molecule has 0 aliphatic carbocycles. The van der Waals surface area contributed by atoms with E-state index < -0.39 is 46.3 Å². The summed E-state index contributed by atoms with van der Waals surface area (Å²) in [4.78, 5) is 7.18. The summed E-state index contributed by atoms with van der Waals surface area (Å²) in [6.07, 6.45) is -5.58. The number of hydrogen-bond donors (Lipinski definition) is 4. The Morgan fingerprint density at radius 3 is 2.20 bits per heavy atom. The summed E-state index contributed by atoms with van der Waals surface area (Å²) in [5.41, 5.74) is 0. The fourth-order valence-corrected chi connectivity index (χ4v) is 1.86. The maximum Gasteiger partial charge on any atom is 0.305 e. The standard InChI is InChI=1S/C6H10O8S/c7-2-6(10,15(11,12)13)5-4(9)3(8)1-14-5/h2-5,8-10H,1H2,(H,11,12,13)/t3-,4+,5+,6?/m1/s1. The van der Waals surface area contributed by atoms with Gasteiger partial charge < -0.3 is 20.1 Å². The Kier molecular flexibility index (Phi) is 3.14. The van der Waals surface area contributed by atoms with E-state index in [1.54, 1.807) is 0 Å². The fraction of sp³-hybridized carbons (Fsp3) is 0.833. The molecule has 8 nitrogen and oxygen atoms in total. The molecule has 1 rings (SSSR count). The summed E-state index contributed by atoms with van der Waals surface area (Å²) in [7, 11) is -5.16. The monoisotopic (exact) mass is 242 g/mol. The highest BCUT2D eigenvalue weighted by Gasteiger charge is 2.56. The van der Waals surface area contributed by atoms with Crippen molar-refractivity contribution in [2.75, 3.05) is 6.61 Å². The van der Waals surface area contributed by atoms with Gasteiger partial charge in [0.25, 0.3) is 4.93 Å².